The van der Waals surface area contributed by atoms with Gasteiger partial charge in [0.15, 0.2) is 0 Å². The summed E-state index contributed by atoms with van der Waals surface area (Å²) >= 11 is 0. The third kappa shape index (κ3) is 4.97. The molecule has 0 aromatic heterocycles. The van der Waals surface area contributed by atoms with E-state index in [1.165, 1.54) is 7.11 Å². The average Bonchev–Trinajstić information content (AvgIpc) is 2.11. The molecule has 0 aromatic carbocycles. The number of carbonyl (C=O) groups excluding carboxylic acids is 1. The van der Waals surface area contributed by atoms with E-state index in [0.717, 1.165) is 6.08 Å². The third-order valence-electron chi connectivity index (χ3n) is 1.41. The van der Waals surface area contributed by atoms with Gasteiger partial charge in [-0.25, -0.2) is 4.79 Å². The van der Waals surface area contributed by atoms with E-state index < -0.39 is 17.9 Å². The maximum Gasteiger partial charge on any atom is 0.326 e. The molecule has 13 heavy (non-hydrogen) atoms. The minimum Gasteiger partial charge on any atom is -0.480 e. The molecule has 0 radical (unpaired) electrons. The van der Waals surface area contributed by atoms with E-state index >= 15 is 0 Å². The van der Waals surface area contributed by atoms with Crippen molar-refractivity contribution in [2.75, 3.05) is 13.7 Å². The monoisotopic (exact) mass is 187 g/mol. The topological polar surface area (TPSA) is 75.6 Å². The molecule has 0 aliphatic carbocycles. The summed E-state index contributed by atoms with van der Waals surface area (Å²) in [6, 6.07) is -0.912. The molecule has 0 saturated carbocycles. The van der Waals surface area contributed by atoms with Crippen molar-refractivity contribution in [3.8, 4) is 0 Å². The number of carbonyl (C=O) groups is 2. The normalized spacial score (nSPS) is 11.8. The molecule has 0 aliphatic rings. The Bertz CT molecular complexity index is 202. The van der Waals surface area contributed by atoms with Gasteiger partial charge in [0, 0.05) is 20.1 Å². The molecule has 0 bridgehead atoms. The highest BCUT2D eigenvalue weighted by atomic mass is 16.5. The number of ether oxygens (including phenoxy) is 1. The van der Waals surface area contributed by atoms with Gasteiger partial charge < -0.3 is 15.2 Å². The number of rotatable bonds is 6. The Morgan fingerprint density at radius 3 is 2.69 bits per heavy atom. The van der Waals surface area contributed by atoms with Gasteiger partial charge in [0.25, 0.3) is 0 Å². The lowest BCUT2D eigenvalue weighted by molar-refractivity contribution is -0.141. The van der Waals surface area contributed by atoms with E-state index in [2.05, 4.69) is 11.9 Å². The molecule has 0 heterocycles. The summed E-state index contributed by atoms with van der Waals surface area (Å²) < 4.78 is 4.70. The van der Waals surface area contributed by atoms with Crippen molar-refractivity contribution in [1.29, 1.82) is 0 Å². The van der Waals surface area contributed by atoms with Gasteiger partial charge in [-0.3, -0.25) is 4.79 Å². The van der Waals surface area contributed by atoms with E-state index in [1.54, 1.807) is 0 Å². The molecule has 5 heteroatoms. The smallest absolute Gasteiger partial charge is 0.326 e. The molecule has 1 unspecified atom stereocenters. The summed E-state index contributed by atoms with van der Waals surface area (Å²) in [5, 5.41) is 10.9. The minimum atomic E-state index is -1.08. The number of nitrogens with one attached hydrogen (secondary N) is 1. The third-order valence-corrected chi connectivity index (χ3v) is 1.41. The van der Waals surface area contributed by atoms with Crippen molar-refractivity contribution >= 4 is 11.9 Å². The van der Waals surface area contributed by atoms with Crippen LogP contribution < -0.4 is 5.32 Å². The fourth-order valence-corrected chi connectivity index (χ4v) is 0.724. The van der Waals surface area contributed by atoms with Gasteiger partial charge in [-0.05, 0) is 6.08 Å². The molecule has 0 spiro atoms. The quantitative estimate of drug-likeness (QED) is 0.563. The van der Waals surface area contributed by atoms with Crippen LogP contribution in [0.5, 0.6) is 0 Å². The van der Waals surface area contributed by atoms with Gasteiger partial charge in [0.05, 0.1) is 0 Å². The maximum absolute atomic E-state index is 10.8. The summed E-state index contributed by atoms with van der Waals surface area (Å²) in [5.41, 5.74) is 0. The van der Waals surface area contributed by atoms with Crippen LogP contribution in [-0.4, -0.2) is 36.7 Å². The maximum atomic E-state index is 10.8. The summed E-state index contributed by atoms with van der Waals surface area (Å²) in [7, 11) is 1.47. The van der Waals surface area contributed by atoms with Gasteiger partial charge in [-0.2, -0.15) is 0 Å². The van der Waals surface area contributed by atoms with E-state index in [4.69, 9.17) is 9.84 Å². The number of amides is 1. The van der Waals surface area contributed by atoms with Gasteiger partial charge in [0.2, 0.25) is 5.91 Å². The fraction of sp³-hybridized carbons (Fsp3) is 0.500. The summed E-state index contributed by atoms with van der Waals surface area (Å²) in [4.78, 5) is 21.3. The van der Waals surface area contributed by atoms with Gasteiger partial charge in [-0.1, -0.05) is 6.58 Å². The van der Waals surface area contributed by atoms with Crippen molar-refractivity contribution in [3.05, 3.63) is 12.7 Å². The van der Waals surface area contributed by atoms with Gasteiger partial charge in [-0.15, -0.1) is 0 Å². The molecular weight excluding hydrogens is 174 g/mol. The predicted octanol–water partition coefficient (Wildman–Crippen LogP) is -0.222. The predicted molar refractivity (Wildman–Crippen MR) is 46.3 cm³/mol. The number of methoxy groups -OCH3 is 1. The van der Waals surface area contributed by atoms with Crippen LogP contribution >= 0.6 is 0 Å². The Balaban J connectivity index is 4.01. The molecule has 0 aliphatic heterocycles. The number of hydrogen-bond donors (Lipinski definition) is 2. The van der Waals surface area contributed by atoms with Crippen molar-refractivity contribution in [3.63, 3.8) is 0 Å². The molecule has 0 aromatic rings. The lowest BCUT2D eigenvalue weighted by atomic mass is 10.2. The summed E-state index contributed by atoms with van der Waals surface area (Å²) in [5.74, 6) is -1.57. The van der Waals surface area contributed by atoms with Crippen LogP contribution in [-0.2, 0) is 14.3 Å². The fourth-order valence-electron chi connectivity index (χ4n) is 0.724. The second-order valence-corrected chi connectivity index (χ2v) is 2.39. The number of carboxylic acid groups (broad SMARTS) is 1. The zero-order valence-corrected chi connectivity index (χ0v) is 7.45. The first-order valence-electron chi connectivity index (χ1n) is 3.76. The average molecular weight is 187 g/mol. The SMILES string of the molecule is C=CC(=O)NC(CCOC)C(=O)O. The first kappa shape index (κ1) is 11.6. The highest BCUT2D eigenvalue weighted by Gasteiger charge is 2.17. The minimum absolute atomic E-state index is 0.241. The molecule has 0 fully saturated rings. The molecule has 5 nitrogen and oxygen atoms in total. The Hall–Kier alpha value is -1.36. The van der Waals surface area contributed by atoms with Crippen LogP contribution in [0.3, 0.4) is 0 Å². The highest BCUT2D eigenvalue weighted by Crippen LogP contribution is 1.93. The van der Waals surface area contributed by atoms with Gasteiger partial charge in [0.1, 0.15) is 6.04 Å². The van der Waals surface area contributed by atoms with Crippen LogP contribution in [0.4, 0.5) is 0 Å². The Kier molecular flexibility index (Phi) is 5.54. The first-order chi connectivity index (χ1) is 6.11. The molecule has 74 valence electrons. The molecule has 1 atom stereocenters. The first-order valence-corrected chi connectivity index (χ1v) is 3.76. The zero-order chi connectivity index (χ0) is 10.3. The van der Waals surface area contributed by atoms with Crippen LogP contribution in [0.25, 0.3) is 0 Å². The molecular formula is C8H13NO4. The largest absolute Gasteiger partial charge is 0.480 e. The molecule has 1 amide bonds. The van der Waals surface area contributed by atoms with Crippen LogP contribution in [0.1, 0.15) is 6.42 Å². The van der Waals surface area contributed by atoms with E-state index in [9.17, 15) is 9.59 Å². The number of hydrogen-bond acceptors (Lipinski definition) is 3. The van der Waals surface area contributed by atoms with Crippen LogP contribution in [0.2, 0.25) is 0 Å². The summed E-state index contributed by atoms with van der Waals surface area (Å²) in [6.45, 7) is 3.50. The Morgan fingerprint density at radius 2 is 2.31 bits per heavy atom. The Labute approximate surface area is 76.4 Å². The van der Waals surface area contributed by atoms with Gasteiger partial charge >= 0.3 is 5.97 Å². The van der Waals surface area contributed by atoms with E-state index in [0.29, 0.717) is 0 Å². The standard InChI is InChI=1S/C8H13NO4/c1-3-7(10)9-6(8(11)12)4-5-13-2/h3,6H,1,4-5H2,2H3,(H,9,10)(H,11,12). The van der Waals surface area contributed by atoms with Crippen molar-refractivity contribution in [1.82, 2.24) is 5.32 Å². The van der Waals surface area contributed by atoms with Crippen molar-refractivity contribution in [2.45, 2.75) is 12.5 Å². The molecule has 2 N–H and O–H groups in total. The zero-order valence-electron chi connectivity index (χ0n) is 7.45. The second-order valence-electron chi connectivity index (χ2n) is 2.39. The second kappa shape index (κ2) is 6.19. The lowest BCUT2D eigenvalue weighted by Gasteiger charge is -2.11. The summed E-state index contributed by atoms with van der Waals surface area (Å²) in [6.07, 6.45) is 1.27. The lowest BCUT2D eigenvalue weighted by Crippen LogP contribution is -2.40. The molecule has 0 rings (SSSR count). The van der Waals surface area contributed by atoms with Crippen LogP contribution in [0, 0.1) is 0 Å². The number of aliphatic carboxylic acids is 1. The molecule has 0 saturated heterocycles. The van der Waals surface area contributed by atoms with E-state index in [-0.39, 0.29) is 13.0 Å². The van der Waals surface area contributed by atoms with Crippen LogP contribution in [0.15, 0.2) is 12.7 Å². The Morgan fingerprint density at radius 1 is 1.69 bits per heavy atom. The van der Waals surface area contributed by atoms with Crippen molar-refractivity contribution < 1.29 is 19.4 Å². The van der Waals surface area contributed by atoms with E-state index in [1.807, 2.05) is 0 Å². The van der Waals surface area contributed by atoms with Crippen molar-refractivity contribution in [2.24, 2.45) is 0 Å². The highest BCUT2D eigenvalue weighted by molar-refractivity contribution is 5.90. The number of carboxylic acids is 1.